The van der Waals surface area contributed by atoms with Crippen LogP contribution in [0.1, 0.15) is 41.0 Å². The zero-order chi connectivity index (χ0) is 11.8. The van der Waals surface area contributed by atoms with Crippen molar-refractivity contribution in [3.63, 3.8) is 0 Å². The molecule has 1 rings (SSSR count). The molecule has 1 N–H and O–H groups in total. The minimum Gasteiger partial charge on any atom is -0.310 e. The number of hydrogen-bond acceptors (Lipinski definition) is 2. The van der Waals surface area contributed by atoms with Gasteiger partial charge in [-0.15, -0.1) is 0 Å². The summed E-state index contributed by atoms with van der Waals surface area (Å²) in [5.74, 6) is 0. The van der Waals surface area contributed by atoms with Gasteiger partial charge in [0.1, 0.15) is 0 Å². The molecule has 0 aromatic heterocycles. The summed E-state index contributed by atoms with van der Waals surface area (Å²) < 4.78 is 0. The fraction of sp³-hybridized carbons (Fsp3) is 0.615. The SMILES string of the molecule is C=CN=C1CCNC(C)C1=C(C)C.CC. The maximum absolute atomic E-state index is 4.32. The van der Waals surface area contributed by atoms with E-state index in [4.69, 9.17) is 0 Å². The van der Waals surface area contributed by atoms with E-state index in [2.05, 4.69) is 37.7 Å². The number of allylic oxidation sites excluding steroid dienone is 1. The normalized spacial score (nSPS) is 23.1. The number of rotatable bonds is 1. The van der Waals surface area contributed by atoms with Gasteiger partial charge in [-0.2, -0.15) is 0 Å². The van der Waals surface area contributed by atoms with E-state index in [9.17, 15) is 0 Å². The highest BCUT2D eigenvalue weighted by atomic mass is 14.9. The van der Waals surface area contributed by atoms with Crippen LogP contribution < -0.4 is 5.32 Å². The zero-order valence-corrected chi connectivity index (χ0v) is 10.7. The second-order valence-corrected chi connectivity index (χ2v) is 3.60. The summed E-state index contributed by atoms with van der Waals surface area (Å²) >= 11 is 0. The first kappa shape index (κ1) is 14.1. The van der Waals surface area contributed by atoms with Crippen molar-refractivity contribution in [1.82, 2.24) is 5.32 Å². The summed E-state index contributed by atoms with van der Waals surface area (Å²) in [6, 6.07) is 0.428. The summed E-state index contributed by atoms with van der Waals surface area (Å²) in [7, 11) is 0. The van der Waals surface area contributed by atoms with Crippen LogP contribution in [0.25, 0.3) is 0 Å². The highest BCUT2D eigenvalue weighted by Crippen LogP contribution is 2.17. The molecule has 1 aliphatic rings. The Labute approximate surface area is 94.2 Å². The number of piperidine rings is 1. The van der Waals surface area contributed by atoms with Crippen LogP contribution in [0.5, 0.6) is 0 Å². The molecule has 2 heteroatoms. The van der Waals surface area contributed by atoms with Crippen molar-refractivity contribution >= 4 is 5.71 Å². The molecule has 1 atom stereocenters. The number of nitrogens with zero attached hydrogens (tertiary/aromatic N) is 1. The van der Waals surface area contributed by atoms with Gasteiger partial charge in [0.25, 0.3) is 0 Å². The van der Waals surface area contributed by atoms with Crippen LogP contribution in [0.3, 0.4) is 0 Å². The molecule has 1 fully saturated rings. The predicted molar refractivity (Wildman–Crippen MR) is 69.4 cm³/mol. The minimum atomic E-state index is 0.428. The Hall–Kier alpha value is -0.890. The van der Waals surface area contributed by atoms with Gasteiger partial charge in [-0.1, -0.05) is 26.0 Å². The van der Waals surface area contributed by atoms with Crippen molar-refractivity contribution in [3.8, 4) is 0 Å². The maximum Gasteiger partial charge on any atom is 0.0462 e. The van der Waals surface area contributed by atoms with Crippen LogP contribution in [0.2, 0.25) is 0 Å². The fourth-order valence-electron chi connectivity index (χ4n) is 1.86. The Morgan fingerprint density at radius 1 is 1.47 bits per heavy atom. The number of aliphatic imine (C=N–C) groups is 1. The number of nitrogens with one attached hydrogen (secondary N) is 1. The molecule has 0 aromatic rings. The molecule has 0 radical (unpaired) electrons. The van der Waals surface area contributed by atoms with E-state index >= 15 is 0 Å². The Morgan fingerprint density at radius 3 is 2.53 bits per heavy atom. The second kappa shape index (κ2) is 7.41. The molecule has 0 aliphatic carbocycles. The lowest BCUT2D eigenvalue weighted by Gasteiger charge is -2.26. The fourth-order valence-corrected chi connectivity index (χ4v) is 1.86. The third kappa shape index (κ3) is 4.00. The van der Waals surface area contributed by atoms with Gasteiger partial charge < -0.3 is 5.32 Å². The molecule has 1 saturated heterocycles. The van der Waals surface area contributed by atoms with Crippen molar-refractivity contribution in [2.45, 2.75) is 47.1 Å². The molecule has 86 valence electrons. The third-order valence-electron chi connectivity index (χ3n) is 2.34. The standard InChI is InChI=1S/C11H18N2.C2H6/c1-5-12-10-6-7-13-9(4)11(10)8(2)3;1-2/h5,9,13H,1,6-7H2,2-4H3;1-2H3. The van der Waals surface area contributed by atoms with E-state index in [0.29, 0.717) is 6.04 Å². The van der Waals surface area contributed by atoms with E-state index in [1.807, 2.05) is 13.8 Å². The Morgan fingerprint density at radius 2 is 2.07 bits per heavy atom. The molecule has 1 heterocycles. The van der Waals surface area contributed by atoms with E-state index in [0.717, 1.165) is 13.0 Å². The van der Waals surface area contributed by atoms with Crippen molar-refractivity contribution in [1.29, 1.82) is 0 Å². The zero-order valence-electron chi connectivity index (χ0n) is 10.7. The van der Waals surface area contributed by atoms with Crippen LogP contribution in [0, 0.1) is 0 Å². The maximum atomic E-state index is 4.32. The summed E-state index contributed by atoms with van der Waals surface area (Å²) in [5, 5.41) is 3.43. The van der Waals surface area contributed by atoms with Crippen LogP contribution in [-0.4, -0.2) is 18.3 Å². The lowest BCUT2D eigenvalue weighted by Crippen LogP contribution is -2.39. The monoisotopic (exact) mass is 208 g/mol. The largest absolute Gasteiger partial charge is 0.310 e. The average molecular weight is 208 g/mol. The van der Waals surface area contributed by atoms with Gasteiger partial charge in [0.05, 0.1) is 0 Å². The first-order chi connectivity index (χ1) is 7.16. The highest BCUT2D eigenvalue weighted by molar-refractivity contribution is 6.02. The summed E-state index contributed by atoms with van der Waals surface area (Å²) in [6.45, 7) is 15.1. The van der Waals surface area contributed by atoms with Gasteiger partial charge in [-0.25, -0.2) is 0 Å². The van der Waals surface area contributed by atoms with Gasteiger partial charge in [0.2, 0.25) is 0 Å². The molecule has 0 aromatic carbocycles. The first-order valence-electron chi connectivity index (χ1n) is 5.75. The molecule has 0 spiro atoms. The summed E-state index contributed by atoms with van der Waals surface area (Å²) in [6.07, 6.45) is 2.65. The predicted octanol–water partition coefficient (Wildman–Crippen LogP) is 3.32. The molecular formula is C13H24N2. The van der Waals surface area contributed by atoms with Crippen molar-refractivity contribution in [3.05, 3.63) is 23.9 Å². The Kier molecular flexibility index (Phi) is 6.97. The van der Waals surface area contributed by atoms with Crippen molar-refractivity contribution in [2.75, 3.05) is 6.54 Å². The Bertz CT molecular complexity index is 258. The van der Waals surface area contributed by atoms with Crippen LogP contribution >= 0.6 is 0 Å². The smallest absolute Gasteiger partial charge is 0.0462 e. The minimum absolute atomic E-state index is 0.428. The molecule has 0 bridgehead atoms. The van der Waals surface area contributed by atoms with E-state index in [1.54, 1.807) is 6.20 Å². The van der Waals surface area contributed by atoms with Crippen molar-refractivity contribution < 1.29 is 0 Å². The lowest BCUT2D eigenvalue weighted by atomic mass is 9.93. The van der Waals surface area contributed by atoms with Gasteiger partial charge in [-0.3, -0.25) is 4.99 Å². The Balaban J connectivity index is 0.000000921. The quantitative estimate of drug-likeness (QED) is 0.702. The van der Waals surface area contributed by atoms with Crippen LogP contribution in [-0.2, 0) is 0 Å². The van der Waals surface area contributed by atoms with Gasteiger partial charge in [0.15, 0.2) is 0 Å². The lowest BCUT2D eigenvalue weighted by molar-refractivity contribution is 0.603. The molecule has 15 heavy (non-hydrogen) atoms. The molecular weight excluding hydrogens is 184 g/mol. The number of hydrogen-bond donors (Lipinski definition) is 1. The van der Waals surface area contributed by atoms with E-state index in [1.165, 1.54) is 16.9 Å². The molecule has 1 aliphatic heterocycles. The highest BCUT2D eigenvalue weighted by Gasteiger charge is 2.20. The van der Waals surface area contributed by atoms with Gasteiger partial charge in [0, 0.05) is 30.9 Å². The summed E-state index contributed by atoms with van der Waals surface area (Å²) in [5.41, 5.74) is 3.90. The van der Waals surface area contributed by atoms with Gasteiger partial charge in [-0.05, 0) is 26.3 Å². The second-order valence-electron chi connectivity index (χ2n) is 3.60. The van der Waals surface area contributed by atoms with E-state index < -0.39 is 0 Å². The summed E-state index contributed by atoms with van der Waals surface area (Å²) in [4.78, 5) is 4.32. The van der Waals surface area contributed by atoms with Crippen LogP contribution in [0.4, 0.5) is 0 Å². The average Bonchev–Trinajstić information content (AvgIpc) is 2.21. The molecule has 0 amide bonds. The third-order valence-corrected chi connectivity index (χ3v) is 2.34. The van der Waals surface area contributed by atoms with Crippen LogP contribution in [0.15, 0.2) is 28.9 Å². The van der Waals surface area contributed by atoms with E-state index in [-0.39, 0.29) is 0 Å². The molecule has 2 nitrogen and oxygen atoms in total. The molecule has 1 unspecified atom stereocenters. The molecule has 0 saturated carbocycles. The first-order valence-corrected chi connectivity index (χ1v) is 5.75. The van der Waals surface area contributed by atoms with Gasteiger partial charge >= 0.3 is 0 Å². The van der Waals surface area contributed by atoms with Crippen molar-refractivity contribution in [2.24, 2.45) is 4.99 Å². The topological polar surface area (TPSA) is 24.4 Å².